The molecule has 0 bridgehead atoms. The van der Waals surface area contributed by atoms with Crippen LogP contribution in [0.2, 0.25) is 0 Å². The van der Waals surface area contributed by atoms with E-state index in [4.69, 9.17) is 9.47 Å². The predicted octanol–water partition coefficient (Wildman–Crippen LogP) is 4.27. The molecule has 0 aliphatic carbocycles. The topological polar surface area (TPSA) is 59.6 Å². The van der Waals surface area contributed by atoms with Gasteiger partial charge in [-0.1, -0.05) is 32.0 Å². The van der Waals surface area contributed by atoms with Crippen LogP contribution < -0.4 is 20.1 Å². The Balaban J connectivity index is 1.94. The Morgan fingerprint density at radius 2 is 1.62 bits per heavy atom. The molecule has 0 saturated carbocycles. The van der Waals surface area contributed by atoms with Crippen molar-refractivity contribution in [3.05, 3.63) is 47.5 Å². The summed E-state index contributed by atoms with van der Waals surface area (Å²) in [6.45, 7) is 4.87. The largest absolute Gasteiger partial charge is 0.493 e. The summed E-state index contributed by atoms with van der Waals surface area (Å²) in [6, 6.07) is 11.7. The van der Waals surface area contributed by atoms with Crippen LogP contribution in [-0.2, 0) is 17.6 Å². The van der Waals surface area contributed by atoms with Gasteiger partial charge in [0.05, 0.1) is 14.2 Å². The molecule has 0 saturated heterocycles. The van der Waals surface area contributed by atoms with Gasteiger partial charge in [-0.25, -0.2) is 0 Å². The van der Waals surface area contributed by atoms with E-state index >= 15 is 0 Å². The number of carbonyl (C=O) groups is 1. The Morgan fingerprint density at radius 3 is 2.19 bits per heavy atom. The van der Waals surface area contributed by atoms with Crippen LogP contribution >= 0.6 is 0 Å². The molecule has 2 aromatic rings. The number of para-hydroxylation sites is 1. The van der Waals surface area contributed by atoms with Gasteiger partial charge in [0.25, 0.3) is 0 Å². The van der Waals surface area contributed by atoms with Crippen molar-refractivity contribution in [2.24, 2.45) is 0 Å². The maximum absolute atomic E-state index is 12.2. The molecule has 2 rings (SSSR count). The number of benzene rings is 2. The third-order valence-corrected chi connectivity index (χ3v) is 4.32. The summed E-state index contributed by atoms with van der Waals surface area (Å²) in [7, 11) is 3.16. The highest BCUT2D eigenvalue weighted by Gasteiger charge is 2.09. The molecule has 2 N–H and O–H groups in total. The van der Waals surface area contributed by atoms with Crippen LogP contribution in [0.3, 0.4) is 0 Å². The van der Waals surface area contributed by atoms with Crippen LogP contribution in [0, 0.1) is 0 Å². The lowest BCUT2D eigenvalue weighted by Gasteiger charge is -2.15. The van der Waals surface area contributed by atoms with Gasteiger partial charge in [0.15, 0.2) is 11.5 Å². The average molecular weight is 356 g/mol. The van der Waals surface area contributed by atoms with E-state index in [1.165, 1.54) is 11.1 Å². The van der Waals surface area contributed by atoms with E-state index in [0.29, 0.717) is 30.2 Å². The Bertz CT molecular complexity index is 722. The van der Waals surface area contributed by atoms with Gasteiger partial charge in [-0.3, -0.25) is 4.79 Å². The van der Waals surface area contributed by atoms with Gasteiger partial charge >= 0.3 is 0 Å². The minimum atomic E-state index is -0.0447. The van der Waals surface area contributed by atoms with Crippen LogP contribution in [0.4, 0.5) is 11.4 Å². The van der Waals surface area contributed by atoms with Gasteiger partial charge in [0.1, 0.15) is 0 Å². The molecule has 5 nitrogen and oxygen atoms in total. The summed E-state index contributed by atoms with van der Waals surface area (Å²) < 4.78 is 10.5. The summed E-state index contributed by atoms with van der Waals surface area (Å²) in [5, 5.41) is 6.33. The fourth-order valence-electron chi connectivity index (χ4n) is 2.91. The van der Waals surface area contributed by atoms with Crippen molar-refractivity contribution in [3.63, 3.8) is 0 Å². The first-order chi connectivity index (χ1) is 12.6. The fourth-order valence-corrected chi connectivity index (χ4v) is 2.91. The first kappa shape index (κ1) is 19.6. The summed E-state index contributed by atoms with van der Waals surface area (Å²) in [5.41, 5.74) is 4.42. The second-order valence-electron chi connectivity index (χ2n) is 5.95. The fraction of sp³-hybridized carbons (Fsp3) is 0.381. The van der Waals surface area contributed by atoms with Crippen LogP contribution in [0.1, 0.15) is 31.4 Å². The first-order valence-corrected chi connectivity index (χ1v) is 8.99. The maximum atomic E-state index is 12.2. The molecule has 26 heavy (non-hydrogen) atoms. The number of nitrogens with one attached hydrogen (secondary N) is 2. The van der Waals surface area contributed by atoms with Crippen molar-refractivity contribution in [2.45, 2.75) is 33.1 Å². The highest BCUT2D eigenvalue weighted by atomic mass is 16.5. The van der Waals surface area contributed by atoms with Crippen LogP contribution in [0.25, 0.3) is 0 Å². The molecule has 0 aromatic heterocycles. The summed E-state index contributed by atoms with van der Waals surface area (Å²) >= 11 is 0. The zero-order valence-electron chi connectivity index (χ0n) is 16.0. The third-order valence-electron chi connectivity index (χ3n) is 4.32. The third kappa shape index (κ3) is 4.91. The summed E-state index contributed by atoms with van der Waals surface area (Å²) in [6.07, 6.45) is 2.32. The molecule has 2 aromatic carbocycles. The quantitative estimate of drug-likeness (QED) is 0.704. The molecule has 0 spiro atoms. The molecule has 5 heteroatoms. The van der Waals surface area contributed by atoms with Crippen molar-refractivity contribution in [2.75, 3.05) is 31.4 Å². The van der Waals surface area contributed by atoms with Gasteiger partial charge in [-0.15, -0.1) is 0 Å². The lowest BCUT2D eigenvalue weighted by Crippen LogP contribution is -2.17. The number of amides is 1. The van der Waals surface area contributed by atoms with Crippen molar-refractivity contribution >= 4 is 17.3 Å². The highest BCUT2D eigenvalue weighted by Crippen LogP contribution is 2.29. The number of hydrogen-bond acceptors (Lipinski definition) is 4. The molecule has 0 radical (unpaired) electrons. The van der Waals surface area contributed by atoms with Crippen molar-refractivity contribution < 1.29 is 14.3 Å². The lowest BCUT2D eigenvalue weighted by molar-refractivity contribution is -0.115. The SMILES string of the molecule is CCc1cccc(CC)c1NCCC(=O)Nc1ccc(OC)c(OC)c1. The van der Waals surface area contributed by atoms with E-state index < -0.39 is 0 Å². The van der Waals surface area contributed by atoms with E-state index in [1.54, 1.807) is 32.4 Å². The zero-order chi connectivity index (χ0) is 18.9. The van der Waals surface area contributed by atoms with Gasteiger partial charge in [0, 0.05) is 30.4 Å². The number of aryl methyl sites for hydroxylation is 2. The molecule has 0 aliphatic rings. The number of hydrogen-bond donors (Lipinski definition) is 2. The van der Waals surface area contributed by atoms with Crippen LogP contribution in [0.15, 0.2) is 36.4 Å². The summed E-state index contributed by atoms with van der Waals surface area (Å²) in [5.74, 6) is 1.18. The predicted molar refractivity (Wildman–Crippen MR) is 106 cm³/mol. The first-order valence-electron chi connectivity index (χ1n) is 8.99. The maximum Gasteiger partial charge on any atom is 0.226 e. The second-order valence-corrected chi connectivity index (χ2v) is 5.95. The smallest absolute Gasteiger partial charge is 0.226 e. The molecule has 140 valence electrons. The molecule has 0 heterocycles. The molecular weight excluding hydrogens is 328 g/mol. The summed E-state index contributed by atoms with van der Waals surface area (Å²) in [4.78, 5) is 12.2. The van der Waals surface area contributed by atoms with Crippen LogP contribution in [-0.4, -0.2) is 26.7 Å². The number of carbonyl (C=O) groups excluding carboxylic acids is 1. The Hall–Kier alpha value is -2.69. The number of rotatable bonds is 9. The van der Waals surface area contributed by atoms with E-state index in [9.17, 15) is 4.79 Å². The van der Waals surface area contributed by atoms with E-state index in [2.05, 4.69) is 42.7 Å². The minimum Gasteiger partial charge on any atom is -0.493 e. The Morgan fingerprint density at radius 1 is 0.962 bits per heavy atom. The zero-order valence-corrected chi connectivity index (χ0v) is 16.0. The molecule has 1 amide bonds. The van der Waals surface area contributed by atoms with E-state index in [0.717, 1.165) is 18.5 Å². The van der Waals surface area contributed by atoms with Gasteiger partial charge in [-0.05, 0) is 36.1 Å². The minimum absolute atomic E-state index is 0.0447. The van der Waals surface area contributed by atoms with Crippen molar-refractivity contribution in [1.82, 2.24) is 0 Å². The molecule has 0 atom stereocenters. The molecule has 0 aliphatic heterocycles. The highest BCUT2D eigenvalue weighted by molar-refractivity contribution is 5.91. The number of ether oxygens (including phenoxy) is 2. The van der Waals surface area contributed by atoms with Gasteiger partial charge in [0.2, 0.25) is 5.91 Å². The second kappa shape index (κ2) is 9.70. The van der Waals surface area contributed by atoms with Crippen molar-refractivity contribution in [1.29, 1.82) is 0 Å². The lowest BCUT2D eigenvalue weighted by atomic mass is 10.0. The number of anilines is 2. The molecule has 0 unspecified atom stereocenters. The Labute approximate surface area is 155 Å². The molecule has 0 fully saturated rings. The van der Waals surface area contributed by atoms with E-state index in [-0.39, 0.29) is 5.91 Å². The van der Waals surface area contributed by atoms with Crippen LogP contribution in [0.5, 0.6) is 11.5 Å². The number of methoxy groups -OCH3 is 2. The molecular formula is C21H28N2O3. The normalized spacial score (nSPS) is 10.3. The average Bonchev–Trinajstić information content (AvgIpc) is 2.67. The monoisotopic (exact) mass is 356 g/mol. The van der Waals surface area contributed by atoms with E-state index in [1.807, 2.05) is 0 Å². The van der Waals surface area contributed by atoms with Gasteiger partial charge in [-0.2, -0.15) is 0 Å². The standard InChI is InChI=1S/C21H28N2O3/c1-5-15-8-7-9-16(6-2)21(15)22-13-12-20(24)23-17-10-11-18(25-3)19(14-17)26-4/h7-11,14,22H,5-6,12-13H2,1-4H3,(H,23,24). The van der Waals surface area contributed by atoms with Crippen molar-refractivity contribution in [3.8, 4) is 11.5 Å². The van der Waals surface area contributed by atoms with Gasteiger partial charge < -0.3 is 20.1 Å². The Kier molecular flexibility index (Phi) is 7.33.